The van der Waals surface area contributed by atoms with Crippen molar-refractivity contribution >= 4 is 25.4 Å². The van der Waals surface area contributed by atoms with Crippen LogP contribution >= 0.6 is 7.60 Å². The Kier molecular flexibility index (Phi) is 13.2. The van der Waals surface area contributed by atoms with E-state index in [0.717, 1.165) is 6.92 Å². The van der Waals surface area contributed by atoms with Crippen LogP contribution in [-0.4, -0.2) is 132 Å². The van der Waals surface area contributed by atoms with Gasteiger partial charge >= 0.3 is 13.6 Å². The lowest BCUT2D eigenvalue weighted by Crippen LogP contribution is -2.55. The van der Waals surface area contributed by atoms with Gasteiger partial charge in [0.1, 0.15) is 0 Å². The average molecular weight is 636 g/mol. The molecule has 0 bridgehead atoms. The van der Waals surface area contributed by atoms with Crippen molar-refractivity contribution in [1.82, 2.24) is 15.5 Å². The Morgan fingerprint density at radius 1 is 1.05 bits per heavy atom. The molecule has 1 aromatic rings. The van der Waals surface area contributed by atoms with Crippen molar-refractivity contribution in [3.8, 4) is 17.2 Å². The highest BCUT2D eigenvalue weighted by molar-refractivity contribution is 7.52. The predicted octanol–water partition coefficient (Wildman–Crippen LogP) is -1.29. The zero-order valence-electron chi connectivity index (χ0n) is 24.8. The van der Waals surface area contributed by atoms with Crippen LogP contribution < -0.4 is 24.8 Å². The third-order valence-electron chi connectivity index (χ3n) is 7.19. The van der Waals surface area contributed by atoms with E-state index >= 15 is 0 Å². The molecular weight excluding hydrogens is 593 g/mol. The lowest BCUT2D eigenvalue weighted by Gasteiger charge is -2.31. The van der Waals surface area contributed by atoms with Gasteiger partial charge < -0.3 is 54.7 Å². The van der Waals surface area contributed by atoms with E-state index in [4.69, 9.17) is 18.7 Å². The number of carboxylic acids is 1. The van der Waals surface area contributed by atoms with Crippen LogP contribution in [0.15, 0.2) is 12.1 Å². The number of ether oxygens (including phenoxy) is 3. The first-order valence-electron chi connectivity index (χ1n) is 13.4. The predicted molar refractivity (Wildman–Crippen MR) is 151 cm³/mol. The van der Waals surface area contributed by atoms with Crippen molar-refractivity contribution in [2.75, 3.05) is 53.8 Å². The van der Waals surface area contributed by atoms with E-state index in [-0.39, 0.29) is 25.9 Å². The number of rotatable bonds is 17. The van der Waals surface area contributed by atoms with Gasteiger partial charge in [0.2, 0.25) is 17.6 Å². The molecular formula is C26H42N3O13P. The lowest BCUT2D eigenvalue weighted by atomic mass is 10.0. The number of nitrogens with zero attached hydrogens (tertiary/aromatic N) is 1. The normalized spacial score (nSPS) is 23.1. The molecule has 16 nitrogen and oxygen atoms in total. The first-order valence-corrected chi connectivity index (χ1v) is 15.2. The Balaban J connectivity index is 2.03. The van der Waals surface area contributed by atoms with Gasteiger partial charge in [-0.25, -0.2) is 4.79 Å². The third-order valence-corrected chi connectivity index (χ3v) is 8.48. The van der Waals surface area contributed by atoms with Crippen molar-refractivity contribution in [3.63, 3.8) is 0 Å². The largest absolute Gasteiger partial charge is 0.493 e. The highest BCUT2D eigenvalue weighted by Gasteiger charge is 2.47. The number of hydrogen-bond donors (Lipinski definition) is 7. The second kappa shape index (κ2) is 15.7. The molecule has 17 heteroatoms. The van der Waals surface area contributed by atoms with E-state index in [0.29, 0.717) is 22.8 Å². The number of aliphatic hydroxyl groups is 3. The zero-order valence-corrected chi connectivity index (χ0v) is 25.7. The summed E-state index contributed by atoms with van der Waals surface area (Å²) < 4.78 is 33.8. The molecule has 1 saturated heterocycles. The summed E-state index contributed by atoms with van der Waals surface area (Å²) in [5, 5.41) is 45.0. The molecule has 1 aromatic carbocycles. The molecule has 6 atom stereocenters. The Bertz CT molecular complexity index is 1160. The summed E-state index contributed by atoms with van der Waals surface area (Å²) in [6, 6.07) is 1.45. The lowest BCUT2D eigenvalue weighted by molar-refractivity contribution is -0.148. The van der Waals surface area contributed by atoms with Crippen molar-refractivity contribution in [2.24, 2.45) is 0 Å². The summed E-state index contributed by atoms with van der Waals surface area (Å²) in [5.74, 6) is -1.44. The SMILES string of the molecule is COc1cc(CCC(=O)NC(C)(COP(=O)(O)CCN2[C@H](CO)[C@@H](O)[C@H](O)[C@H]2CNC(C)=O)C(=O)O)cc(OC)c1OC. The number of aliphatic carboxylic acids is 1. The molecule has 1 fully saturated rings. The van der Waals surface area contributed by atoms with Gasteiger partial charge in [0, 0.05) is 26.4 Å². The van der Waals surface area contributed by atoms with Gasteiger partial charge in [-0.3, -0.25) is 19.1 Å². The first-order chi connectivity index (χ1) is 20.1. The topological polar surface area (TPSA) is 234 Å². The van der Waals surface area contributed by atoms with E-state index < -0.39 is 74.6 Å². The maximum atomic E-state index is 12.9. The summed E-state index contributed by atoms with van der Waals surface area (Å²) in [5.41, 5.74) is -1.42. The van der Waals surface area contributed by atoms with Gasteiger partial charge in [-0.2, -0.15) is 0 Å². The Hall–Kier alpha value is -2.98. The molecule has 1 aliphatic rings. The number of carbonyl (C=O) groups excluding carboxylic acids is 2. The standard InChI is InChI=1S/C26H42N3O13P/c1-15(31)27-12-17-22(33)23(34)18(13-30)29(17)8-9-43(37,38)42-14-26(2,25(35)36)28-21(32)7-6-16-10-19(39-3)24(41-5)20(11-16)40-4/h10-11,17-18,22-23,30,33-34H,6-9,12-14H2,1-5H3,(H,27,31)(H,28,32)(H,35,36)(H,37,38)/t17-,18-,22-,23-,26?/m1/s1. The van der Waals surface area contributed by atoms with Gasteiger partial charge in [-0.15, -0.1) is 0 Å². The maximum Gasteiger partial charge on any atom is 0.331 e. The van der Waals surface area contributed by atoms with E-state index in [2.05, 4.69) is 10.6 Å². The zero-order chi connectivity index (χ0) is 32.5. The monoisotopic (exact) mass is 635 g/mol. The van der Waals surface area contributed by atoms with Crippen molar-refractivity contribution in [1.29, 1.82) is 0 Å². The minimum absolute atomic E-state index is 0.0974. The number of likely N-dealkylation sites (tertiary alicyclic amines) is 1. The highest BCUT2D eigenvalue weighted by atomic mass is 31.2. The number of amides is 2. The smallest absolute Gasteiger partial charge is 0.331 e. The summed E-state index contributed by atoms with van der Waals surface area (Å²) in [6.07, 6.45) is -3.26. The van der Waals surface area contributed by atoms with Crippen LogP contribution in [0.3, 0.4) is 0 Å². The minimum atomic E-state index is -4.48. The fraction of sp³-hybridized carbons (Fsp3) is 0.654. The second-order valence-electron chi connectivity index (χ2n) is 10.3. The molecule has 0 radical (unpaired) electrons. The molecule has 43 heavy (non-hydrogen) atoms. The van der Waals surface area contributed by atoms with E-state index in [9.17, 15) is 44.3 Å². The molecule has 244 valence electrons. The summed E-state index contributed by atoms with van der Waals surface area (Å²) >= 11 is 0. The van der Waals surface area contributed by atoms with Crippen molar-refractivity contribution < 1.29 is 63.0 Å². The molecule has 0 aliphatic carbocycles. The molecule has 1 heterocycles. The highest BCUT2D eigenvalue weighted by Crippen LogP contribution is 2.43. The van der Waals surface area contributed by atoms with E-state index in [1.807, 2.05) is 0 Å². The molecule has 0 aromatic heterocycles. The Morgan fingerprint density at radius 2 is 1.63 bits per heavy atom. The molecule has 0 spiro atoms. The number of nitrogens with one attached hydrogen (secondary N) is 2. The maximum absolute atomic E-state index is 12.9. The van der Waals surface area contributed by atoms with Crippen LogP contribution in [0.5, 0.6) is 17.2 Å². The molecule has 7 N–H and O–H groups in total. The number of carbonyl (C=O) groups is 3. The van der Waals surface area contributed by atoms with Crippen LogP contribution in [-0.2, 0) is 29.9 Å². The van der Waals surface area contributed by atoms with Gasteiger partial charge in [0.05, 0.1) is 65.0 Å². The first kappa shape index (κ1) is 36.2. The van der Waals surface area contributed by atoms with Gasteiger partial charge in [0.25, 0.3) is 0 Å². The number of methoxy groups -OCH3 is 3. The molecule has 0 saturated carbocycles. The Labute approximate surface area is 249 Å². The van der Waals surface area contributed by atoms with Crippen molar-refractivity contribution in [2.45, 2.75) is 56.5 Å². The molecule has 2 rings (SSSR count). The number of hydrogen-bond acceptors (Lipinski definition) is 12. The van der Waals surface area contributed by atoms with Gasteiger partial charge in [-0.05, 0) is 31.0 Å². The van der Waals surface area contributed by atoms with Crippen LogP contribution in [0.4, 0.5) is 0 Å². The number of aliphatic hydroxyl groups excluding tert-OH is 3. The van der Waals surface area contributed by atoms with Crippen LogP contribution in [0.25, 0.3) is 0 Å². The Morgan fingerprint density at radius 3 is 2.12 bits per heavy atom. The fourth-order valence-corrected chi connectivity index (χ4v) is 5.79. The van der Waals surface area contributed by atoms with Crippen LogP contribution in [0.1, 0.15) is 25.8 Å². The summed E-state index contributed by atoms with van der Waals surface area (Å²) in [7, 11) is -0.146. The number of aryl methyl sites for hydroxylation is 1. The van der Waals surface area contributed by atoms with E-state index in [1.165, 1.54) is 33.2 Å². The van der Waals surface area contributed by atoms with Crippen molar-refractivity contribution in [3.05, 3.63) is 17.7 Å². The summed E-state index contributed by atoms with van der Waals surface area (Å²) in [6.45, 7) is 0.612. The molecule has 2 unspecified atom stereocenters. The quantitative estimate of drug-likeness (QED) is 0.0988. The average Bonchev–Trinajstić information content (AvgIpc) is 3.19. The number of benzene rings is 1. The van der Waals surface area contributed by atoms with Gasteiger partial charge in [-0.1, -0.05) is 0 Å². The van der Waals surface area contributed by atoms with Crippen LogP contribution in [0, 0.1) is 0 Å². The number of carboxylic acid groups (broad SMARTS) is 1. The minimum Gasteiger partial charge on any atom is -0.493 e. The van der Waals surface area contributed by atoms with E-state index in [1.54, 1.807) is 12.1 Å². The summed E-state index contributed by atoms with van der Waals surface area (Å²) in [4.78, 5) is 47.9. The third kappa shape index (κ3) is 9.50. The second-order valence-corrected chi connectivity index (χ2v) is 12.3. The fourth-order valence-electron chi connectivity index (χ4n) is 4.72. The van der Waals surface area contributed by atoms with Crippen LogP contribution in [0.2, 0.25) is 0 Å². The molecule has 1 aliphatic heterocycles. The molecule has 2 amide bonds. The van der Waals surface area contributed by atoms with Gasteiger partial charge in [0.15, 0.2) is 17.0 Å².